The number of carbonyl (C=O) groups excluding carboxylic acids is 1. The predicted octanol–water partition coefficient (Wildman–Crippen LogP) is 3.54. The van der Waals surface area contributed by atoms with E-state index in [2.05, 4.69) is 27.2 Å². The van der Waals surface area contributed by atoms with Crippen LogP contribution in [0.25, 0.3) is 11.5 Å². The quantitative estimate of drug-likeness (QED) is 0.702. The first-order valence-electron chi connectivity index (χ1n) is 9.81. The Morgan fingerprint density at radius 1 is 0.964 bits per heavy atom. The molecule has 0 saturated carbocycles. The fourth-order valence-corrected chi connectivity index (χ4v) is 4.19. The van der Waals surface area contributed by atoms with Gasteiger partial charge in [0.05, 0.1) is 6.26 Å². The lowest BCUT2D eigenvalue weighted by Gasteiger charge is -2.33. The van der Waals surface area contributed by atoms with Gasteiger partial charge in [-0.2, -0.15) is 0 Å². The van der Waals surface area contributed by atoms with Crippen LogP contribution in [0.1, 0.15) is 18.4 Å². The highest BCUT2D eigenvalue weighted by atomic mass is 16.3. The molecule has 1 amide bonds. The standard InChI is InChI=1S/C22H22N4O2/c27-22(26-14-11-16-4-1-2-5-19(16)26)17-9-12-25(13-10-17)21-8-7-18(23-24-21)20-6-3-15-28-20/h1-8,15,17H,9-14H2. The minimum Gasteiger partial charge on any atom is -0.463 e. The number of anilines is 2. The Hall–Kier alpha value is -3.15. The van der Waals surface area contributed by atoms with E-state index in [4.69, 9.17) is 4.42 Å². The van der Waals surface area contributed by atoms with E-state index in [0.29, 0.717) is 5.76 Å². The molecule has 0 unspecified atom stereocenters. The summed E-state index contributed by atoms with van der Waals surface area (Å²) in [6.07, 6.45) is 4.28. The van der Waals surface area contributed by atoms with Gasteiger partial charge in [0.25, 0.3) is 0 Å². The average Bonchev–Trinajstić information content (AvgIpc) is 3.44. The monoisotopic (exact) mass is 374 g/mol. The van der Waals surface area contributed by atoms with Crippen LogP contribution < -0.4 is 9.80 Å². The smallest absolute Gasteiger partial charge is 0.230 e. The Bertz CT molecular complexity index is 960. The number of aromatic nitrogens is 2. The summed E-state index contributed by atoms with van der Waals surface area (Å²) in [5, 5.41) is 8.63. The molecule has 2 aromatic heterocycles. The number of benzene rings is 1. The van der Waals surface area contributed by atoms with Gasteiger partial charge in [0, 0.05) is 31.2 Å². The molecule has 0 bridgehead atoms. The second kappa shape index (κ2) is 7.11. The van der Waals surface area contributed by atoms with Crippen LogP contribution >= 0.6 is 0 Å². The van der Waals surface area contributed by atoms with Crippen molar-refractivity contribution in [2.45, 2.75) is 19.3 Å². The Morgan fingerprint density at radius 3 is 2.57 bits per heavy atom. The van der Waals surface area contributed by atoms with Crippen molar-refractivity contribution >= 4 is 17.4 Å². The van der Waals surface area contributed by atoms with Crippen LogP contribution in [0.4, 0.5) is 11.5 Å². The van der Waals surface area contributed by atoms with Crippen LogP contribution in [-0.4, -0.2) is 35.7 Å². The van der Waals surface area contributed by atoms with Crippen LogP contribution in [0.5, 0.6) is 0 Å². The van der Waals surface area contributed by atoms with Gasteiger partial charge in [-0.05, 0) is 55.2 Å². The number of fused-ring (bicyclic) bond motifs is 1. The first-order valence-corrected chi connectivity index (χ1v) is 9.81. The summed E-state index contributed by atoms with van der Waals surface area (Å²) in [4.78, 5) is 17.2. The fraction of sp³-hybridized carbons (Fsp3) is 0.318. The number of amides is 1. The summed E-state index contributed by atoms with van der Waals surface area (Å²) >= 11 is 0. The maximum absolute atomic E-state index is 13.1. The van der Waals surface area contributed by atoms with Gasteiger partial charge in [-0.3, -0.25) is 4.79 Å². The summed E-state index contributed by atoms with van der Waals surface area (Å²) in [6.45, 7) is 2.44. The molecule has 2 aliphatic rings. The third kappa shape index (κ3) is 3.05. The third-order valence-electron chi connectivity index (χ3n) is 5.75. The topological polar surface area (TPSA) is 62.5 Å². The maximum Gasteiger partial charge on any atom is 0.230 e. The van der Waals surface area contributed by atoms with Crippen LogP contribution in [0.15, 0.2) is 59.2 Å². The first-order chi connectivity index (χ1) is 13.8. The van der Waals surface area contributed by atoms with Gasteiger partial charge in [0.1, 0.15) is 5.69 Å². The van der Waals surface area contributed by atoms with Gasteiger partial charge in [-0.25, -0.2) is 0 Å². The number of hydrogen-bond donors (Lipinski definition) is 0. The highest BCUT2D eigenvalue weighted by molar-refractivity contribution is 5.97. The number of rotatable bonds is 3. The number of furan rings is 1. The molecule has 4 heterocycles. The maximum atomic E-state index is 13.1. The minimum atomic E-state index is 0.0813. The average molecular weight is 374 g/mol. The Labute approximate surface area is 163 Å². The van der Waals surface area contributed by atoms with Crippen LogP contribution in [0.2, 0.25) is 0 Å². The van der Waals surface area contributed by atoms with Crippen molar-refractivity contribution in [2.75, 3.05) is 29.4 Å². The van der Waals surface area contributed by atoms with Crippen molar-refractivity contribution in [1.29, 1.82) is 0 Å². The highest BCUT2D eigenvalue weighted by Crippen LogP contribution is 2.31. The zero-order valence-corrected chi connectivity index (χ0v) is 15.6. The van der Waals surface area contributed by atoms with Crippen molar-refractivity contribution in [3.8, 4) is 11.5 Å². The highest BCUT2D eigenvalue weighted by Gasteiger charge is 2.32. The van der Waals surface area contributed by atoms with Crippen LogP contribution in [0.3, 0.4) is 0 Å². The molecule has 1 saturated heterocycles. The molecular weight excluding hydrogens is 352 g/mol. The van der Waals surface area contributed by atoms with Crippen LogP contribution in [0, 0.1) is 5.92 Å². The molecular formula is C22H22N4O2. The normalized spacial score (nSPS) is 17.0. The number of carbonyl (C=O) groups is 1. The van der Waals surface area contributed by atoms with Crippen molar-refractivity contribution in [3.63, 3.8) is 0 Å². The second-order valence-electron chi connectivity index (χ2n) is 7.38. The van der Waals surface area contributed by atoms with Gasteiger partial charge in [-0.15, -0.1) is 10.2 Å². The van der Waals surface area contributed by atoms with Gasteiger partial charge < -0.3 is 14.2 Å². The third-order valence-corrected chi connectivity index (χ3v) is 5.75. The molecule has 28 heavy (non-hydrogen) atoms. The van der Waals surface area contributed by atoms with Crippen molar-refractivity contribution in [2.24, 2.45) is 5.92 Å². The Morgan fingerprint density at radius 2 is 1.82 bits per heavy atom. The van der Waals surface area contributed by atoms with E-state index in [9.17, 15) is 4.79 Å². The zero-order chi connectivity index (χ0) is 18.9. The number of piperidine rings is 1. The lowest BCUT2D eigenvalue weighted by molar-refractivity contribution is -0.122. The van der Waals surface area contributed by atoms with E-state index in [0.717, 1.165) is 56.1 Å². The summed E-state index contributed by atoms with van der Waals surface area (Å²) in [5.41, 5.74) is 3.10. The number of hydrogen-bond acceptors (Lipinski definition) is 5. The summed E-state index contributed by atoms with van der Waals surface area (Å²) < 4.78 is 5.36. The lowest BCUT2D eigenvalue weighted by Crippen LogP contribution is -2.42. The van der Waals surface area contributed by atoms with E-state index in [1.807, 2.05) is 41.3 Å². The van der Waals surface area contributed by atoms with Crippen molar-refractivity contribution in [3.05, 3.63) is 60.4 Å². The Kier molecular flexibility index (Phi) is 4.31. The SMILES string of the molecule is O=C(C1CCN(c2ccc(-c3ccco3)nn2)CC1)N1CCc2ccccc21. The zero-order valence-electron chi connectivity index (χ0n) is 15.6. The number of para-hydroxylation sites is 1. The van der Waals surface area contributed by atoms with Gasteiger partial charge in [0.15, 0.2) is 11.6 Å². The van der Waals surface area contributed by atoms with E-state index in [1.165, 1.54) is 5.56 Å². The van der Waals surface area contributed by atoms with Gasteiger partial charge in [-0.1, -0.05) is 18.2 Å². The van der Waals surface area contributed by atoms with Gasteiger partial charge >= 0.3 is 0 Å². The summed E-state index contributed by atoms with van der Waals surface area (Å²) in [7, 11) is 0. The molecule has 0 radical (unpaired) electrons. The second-order valence-corrected chi connectivity index (χ2v) is 7.38. The molecule has 142 valence electrons. The molecule has 0 N–H and O–H groups in total. The molecule has 6 nitrogen and oxygen atoms in total. The molecule has 1 aromatic carbocycles. The van der Waals surface area contributed by atoms with E-state index in [1.54, 1.807) is 6.26 Å². The molecule has 0 atom stereocenters. The molecule has 2 aliphatic heterocycles. The molecule has 0 spiro atoms. The van der Waals surface area contributed by atoms with E-state index >= 15 is 0 Å². The van der Waals surface area contributed by atoms with Crippen molar-refractivity contribution in [1.82, 2.24) is 10.2 Å². The molecule has 6 heteroatoms. The molecule has 5 rings (SSSR count). The fourth-order valence-electron chi connectivity index (χ4n) is 4.19. The largest absolute Gasteiger partial charge is 0.463 e. The van der Waals surface area contributed by atoms with Crippen molar-refractivity contribution < 1.29 is 9.21 Å². The molecule has 1 fully saturated rings. The van der Waals surface area contributed by atoms with Gasteiger partial charge in [0.2, 0.25) is 5.91 Å². The summed E-state index contributed by atoms with van der Waals surface area (Å²) in [5.74, 6) is 1.92. The van der Waals surface area contributed by atoms with E-state index in [-0.39, 0.29) is 11.8 Å². The minimum absolute atomic E-state index is 0.0813. The number of nitrogens with zero attached hydrogens (tertiary/aromatic N) is 4. The Balaban J connectivity index is 1.22. The first kappa shape index (κ1) is 17.0. The van der Waals surface area contributed by atoms with E-state index < -0.39 is 0 Å². The molecule has 3 aromatic rings. The summed E-state index contributed by atoms with van der Waals surface area (Å²) in [6, 6.07) is 15.9. The lowest BCUT2D eigenvalue weighted by atomic mass is 9.95. The van der Waals surface area contributed by atoms with Crippen LogP contribution in [-0.2, 0) is 11.2 Å². The predicted molar refractivity (Wildman–Crippen MR) is 107 cm³/mol. The molecule has 0 aliphatic carbocycles.